The lowest BCUT2D eigenvalue weighted by atomic mass is 10.0. The van der Waals surface area contributed by atoms with Crippen molar-refractivity contribution in [3.63, 3.8) is 0 Å². The van der Waals surface area contributed by atoms with Crippen molar-refractivity contribution in [1.82, 2.24) is 15.5 Å². The van der Waals surface area contributed by atoms with Gasteiger partial charge in [0.1, 0.15) is 5.82 Å². The molecule has 0 saturated carbocycles. The van der Waals surface area contributed by atoms with Crippen LogP contribution in [0.25, 0.3) is 0 Å². The molecule has 1 aliphatic rings. The average molecular weight is 180 g/mol. The lowest BCUT2D eigenvalue weighted by Crippen LogP contribution is -2.26. The number of H-pyrrole nitrogens is 1. The van der Waals surface area contributed by atoms with Gasteiger partial charge in [0.05, 0.1) is 5.69 Å². The SMILES string of the molecule is CNc1cc([C@@H]2CCCCN2)[nH]n1. The molecule has 0 amide bonds. The third kappa shape index (κ3) is 1.83. The molecule has 72 valence electrons. The standard InChI is InChI=1S/C9H16N4/c1-10-9-6-8(12-13-9)7-4-2-3-5-11-7/h6-7,11H,2-5H2,1H3,(H2,10,12,13)/t7-/m0/s1. The van der Waals surface area contributed by atoms with Crippen molar-refractivity contribution in [2.45, 2.75) is 25.3 Å². The van der Waals surface area contributed by atoms with E-state index in [0.717, 1.165) is 12.4 Å². The summed E-state index contributed by atoms with van der Waals surface area (Å²) < 4.78 is 0. The number of aromatic nitrogens is 2. The smallest absolute Gasteiger partial charge is 0.147 e. The summed E-state index contributed by atoms with van der Waals surface area (Å²) in [5.41, 5.74) is 1.20. The van der Waals surface area contributed by atoms with Gasteiger partial charge in [-0.15, -0.1) is 0 Å². The van der Waals surface area contributed by atoms with E-state index in [-0.39, 0.29) is 0 Å². The van der Waals surface area contributed by atoms with Gasteiger partial charge >= 0.3 is 0 Å². The van der Waals surface area contributed by atoms with E-state index < -0.39 is 0 Å². The highest BCUT2D eigenvalue weighted by Gasteiger charge is 2.16. The molecule has 1 aromatic heterocycles. The highest BCUT2D eigenvalue weighted by Crippen LogP contribution is 2.22. The van der Waals surface area contributed by atoms with Crippen LogP contribution in [-0.4, -0.2) is 23.8 Å². The molecule has 1 saturated heterocycles. The largest absolute Gasteiger partial charge is 0.372 e. The number of nitrogens with one attached hydrogen (secondary N) is 3. The van der Waals surface area contributed by atoms with Crippen LogP contribution in [0.4, 0.5) is 5.82 Å². The Labute approximate surface area is 78.1 Å². The van der Waals surface area contributed by atoms with Crippen LogP contribution in [0.1, 0.15) is 31.0 Å². The van der Waals surface area contributed by atoms with Crippen LogP contribution >= 0.6 is 0 Å². The minimum absolute atomic E-state index is 0.475. The first kappa shape index (κ1) is 8.56. The van der Waals surface area contributed by atoms with Gasteiger partial charge in [0.25, 0.3) is 0 Å². The van der Waals surface area contributed by atoms with Crippen molar-refractivity contribution < 1.29 is 0 Å². The molecule has 1 aliphatic heterocycles. The maximum Gasteiger partial charge on any atom is 0.147 e. The number of anilines is 1. The number of nitrogens with zero attached hydrogens (tertiary/aromatic N) is 1. The maximum atomic E-state index is 4.13. The minimum Gasteiger partial charge on any atom is -0.372 e. The predicted octanol–water partition coefficient (Wildman–Crippen LogP) is 1.27. The van der Waals surface area contributed by atoms with E-state index >= 15 is 0 Å². The molecular weight excluding hydrogens is 164 g/mol. The first-order chi connectivity index (χ1) is 6.40. The topological polar surface area (TPSA) is 52.7 Å². The summed E-state index contributed by atoms with van der Waals surface area (Å²) >= 11 is 0. The number of hydrogen-bond acceptors (Lipinski definition) is 3. The lowest BCUT2D eigenvalue weighted by molar-refractivity contribution is 0.405. The van der Waals surface area contributed by atoms with Crippen molar-refractivity contribution in [3.8, 4) is 0 Å². The van der Waals surface area contributed by atoms with Gasteiger partial charge in [-0.05, 0) is 19.4 Å². The highest BCUT2D eigenvalue weighted by atomic mass is 15.2. The van der Waals surface area contributed by atoms with Crippen LogP contribution in [-0.2, 0) is 0 Å². The summed E-state index contributed by atoms with van der Waals surface area (Å²) in [5, 5.41) is 13.7. The lowest BCUT2D eigenvalue weighted by Gasteiger charge is -2.21. The average Bonchev–Trinajstić information content (AvgIpc) is 2.67. The quantitative estimate of drug-likeness (QED) is 0.642. The molecule has 3 N–H and O–H groups in total. The highest BCUT2D eigenvalue weighted by molar-refractivity contribution is 5.35. The van der Waals surface area contributed by atoms with Gasteiger partial charge in [-0.1, -0.05) is 6.42 Å². The fraction of sp³-hybridized carbons (Fsp3) is 0.667. The van der Waals surface area contributed by atoms with Gasteiger partial charge in [-0.2, -0.15) is 5.10 Å². The van der Waals surface area contributed by atoms with Gasteiger partial charge in [-0.3, -0.25) is 5.10 Å². The molecule has 13 heavy (non-hydrogen) atoms. The van der Waals surface area contributed by atoms with Crippen molar-refractivity contribution in [3.05, 3.63) is 11.8 Å². The van der Waals surface area contributed by atoms with Gasteiger partial charge in [0.2, 0.25) is 0 Å². The molecule has 0 radical (unpaired) electrons. The van der Waals surface area contributed by atoms with E-state index in [1.807, 2.05) is 7.05 Å². The third-order valence-electron chi connectivity index (χ3n) is 2.54. The molecule has 0 aromatic carbocycles. The molecule has 4 nitrogen and oxygen atoms in total. The molecule has 1 fully saturated rings. The van der Waals surface area contributed by atoms with Gasteiger partial charge in [0, 0.05) is 19.2 Å². The number of aromatic amines is 1. The number of piperidine rings is 1. The molecule has 0 unspecified atom stereocenters. The van der Waals surface area contributed by atoms with E-state index in [4.69, 9.17) is 0 Å². The molecule has 0 spiro atoms. The Morgan fingerprint density at radius 1 is 1.54 bits per heavy atom. The molecule has 2 heterocycles. The van der Waals surface area contributed by atoms with Crippen molar-refractivity contribution in [2.24, 2.45) is 0 Å². The summed E-state index contributed by atoms with van der Waals surface area (Å²) in [7, 11) is 1.88. The Morgan fingerprint density at radius 2 is 2.46 bits per heavy atom. The molecule has 1 aromatic rings. The number of hydrogen-bond donors (Lipinski definition) is 3. The molecular formula is C9H16N4. The van der Waals surface area contributed by atoms with E-state index in [9.17, 15) is 0 Å². The summed E-state index contributed by atoms with van der Waals surface area (Å²) in [5.74, 6) is 0.919. The Bertz CT molecular complexity index is 262. The second kappa shape index (κ2) is 3.79. The van der Waals surface area contributed by atoms with E-state index in [2.05, 4.69) is 26.9 Å². The zero-order valence-electron chi connectivity index (χ0n) is 7.93. The van der Waals surface area contributed by atoms with Crippen molar-refractivity contribution >= 4 is 5.82 Å². The van der Waals surface area contributed by atoms with Crippen molar-refractivity contribution in [2.75, 3.05) is 18.9 Å². The second-order valence-electron chi connectivity index (χ2n) is 3.46. The fourth-order valence-corrected chi connectivity index (χ4v) is 1.76. The molecule has 2 rings (SSSR count). The third-order valence-corrected chi connectivity index (χ3v) is 2.54. The molecule has 1 atom stereocenters. The Kier molecular flexibility index (Phi) is 2.49. The first-order valence-electron chi connectivity index (χ1n) is 4.86. The summed E-state index contributed by atoms with van der Waals surface area (Å²) in [6, 6.07) is 2.55. The maximum absolute atomic E-state index is 4.13. The molecule has 4 heteroatoms. The molecule has 0 bridgehead atoms. The Balaban J connectivity index is 2.05. The van der Waals surface area contributed by atoms with E-state index in [0.29, 0.717) is 6.04 Å². The van der Waals surface area contributed by atoms with Crippen LogP contribution in [0.2, 0.25) is 0 Å². The first-order valence-corrected chi connectivity index (χ1v) is 4.86. The van der Waals surface area contributed by atoms with Crippen LogP contribution in [0, 0.1) is 0 Å². The van der Waals surface area contributed by atoms with Gasteiger partial charge in [-0.25, -0.2) is 0 Å². The zero-order chi connectivity index (χ0) is 9.10. The minimum atomic E-state index is 0.475. The van der Waals surface area contributed by atoms with Crippen LogP contribution in [0.15, 0.2) is 6.07 Å². The summed E-state index contributed by atoms with van der Waals surface area (Å²) in [6.07, 6.45) is 3.82. The normalized spacial score (nSPS) is 23.0. The van der Waals surface area contributed by atoms with Gasteiger partial charge < -0.3 is 10.6 Å². The van der Waals surface area contributed by atoms with Crippen LogP contribution in [0.3, 0.4) is 0 Å². The summed E-state index contributed by atoms with van der Waals surface area (Å²) in [6.45, 7) is 1.12. The fourth-order valence-electron chi connectivity index (χ4n) is 1.76. The van der Waals surface area contributed by atoms with Crippen LogP contribution < -0.4 is 10.6 Å². The van der Waals surface area contributed by atoms with E-state index in [1.54, 1.807) is 0 Å². The van der Waals surface area contributed by atoms with Gasteiger partial charge in [0.15, 0.2) is 0 Å². The predicted molar refractivity (Wildman–Crippen MR) is 52.7 cm³/mol. The Hall–Kier alpha value is -1.03. The van der Waals surface area contributed by atoms with Crippen LogP contribution in [0.5, 0.6) is 0 Å². The monoisotopic (exact) mass is 180 g/mol. The van der Waals surface area contributed by atoms with Crippen molar-refractivity contribution in [1.29, 1.82) is 0 Å². The molecule has 0 aliphatic carbocycles. The second-order valence-corrected chi connectivity index (χ2v) is 3.46. The zero-order valence-corrected chi connectivity index (χ0v) is 7.93. The Morgan fingerprint density at radius 3 is 3.08 bits per heavy atom. The van der Waals surface area contributed by atoms with E-state index in [1.165, 1.54) is 25.0 Å². The number of rotatable bonds is 2. The summed E-state index contributed by atoms with van der Waals surface area (Å²) in [4.78, 5) is 0.